The fraction of sp³-hybridized carbons (Fsp3) is 0.400. The number of carbonyl (C=O) groups excluding carboxylic acids is 1. The second-order valence-electron chi connectivity index (χ2n) is 4.85. The summed E-state index contributed by atoms with van der Waals surface area (Å²) >= 11 is 2.86. The fourth-order valence-corrected chi connectivity index (χ4v) is 3.22. The number of aromatic nitrogens is 2. The van der Waals surface area contributed by atoms with Gasteiger partial charge in [-0.3, -0.25) is 4.79 Å². The van der Waals surface area contributed by atoms with E-state index in [2.05, 4.69) is 27.6 Å². The summed E-state index contributed by atoms with van der Waals surface area (Å²) in [4.78, 5) is 11.9. The molecule has 118 valence electrons. The number of benzene rings is 1. The Kier molecular flexibility index (Phi) is 6.67. The molecule has 7 heteroatoms. The standard InChI is InChI=1S/C15H19N3O2S2/c1-11(3-4-12-5-7-13(20-2)8-6-12)17-14(19)9-21-15-18-16-10-22-15/h5-8,10-11H,3-4,9H2,1-2H3,(H,17,19)/t11-/m1/s1. The maximum absolute atomic E-state index is 11.9. The normalized spacial score (nSPS) is 11.9. The molecule has 0 saturated heterocycles. The van der Waals surface area contributed by atoms with E-state index in [1.54, 1.807) is 12.6 Å². The van der Waals surface area contributed by atoms with Gasteiger partial charge in [-0.05, 0) is 37.5 Å². The molecule has 0 radical (unpaired) electrons. The van der Waals surface area contributed by atoms with Crippen LogP contribution in [0.15, 0.2) is 34.1 Å². The van der Waals surface area contributed by atoms with E-state index < -0.39 is 0 Å². The van der Waals surface area contributed by atoms with E-state index in [1.807, 2.05) is 19.1 Å². The molecule has 0 fully saturated rings. The van der Waals surface area contributed by atoms with Crippen LogP contribution in [0.4, 0.5) is 0 Å². The third kappa shape index (κ3) is 5.65. The number of nitrogens with one attached hydrogen (secondary N) is 1. The Bertz CT molecular complexity index is 573. The first kappa shape index (κ1) is 16.8. The first-order valence-electron chi connectivity index (χ1n) is 6.98. The summed E-state index contributed by atoms with van der Waals surface area (Å²) in [5.74, 6) is 1.27. The Balaban J connectivity index is 1.67. The molecular weight excluding hydrogens is 318 g/mol. The molecule has 0 aliphatic carbocycles. The van der Waals surface area contributed by atoms with Gasteiger partial charge in [-0.15, -0.1) is 10.2 Å². The topological polar surface area (TPSA) is 64.1 Å². The third-order valence-electron chi connectivity index (χ3n) is 3.10. The van der Waals surface area contributed by atoms with Crippen LogP contribution in [0.1, 0.15) is 18.9 Å². The smallest absolute Gasteiger partial charge is 0.230 e. The molecule has 5 nitrogen and oxygen atoms in total. The van der Waals surface area contributed by atoms with Gasteiger partial charge < -0.3 is 10.1 Å². The van der Waals surface area contributed by atoms with Gasteiger partial charge in [0.05, 0.1) is 12.9 Å². The third-order valence-corrected chi connectivity index (χ3v) is 4.96. The molecule has 1 atom stereocenters. The zero-order valence-electron chi connectivity index (χ0n) is 12.6. The molecular formula is C15H19N3O2S2. The molecule has 1 aromatic heterocycles. The molecule has 0 aliphatic rings. The Morgan fingerprint density at radius 1 is 1.41 bits per heavy atom. The van der Waals surface area contributed by atoms with Crippen LogP contribution in [0.2, 0.25) is 0 Å². The lowest BCUT2D eigenvalue weighted by molar-refractivity contribution is -0.119. The van der Waals surface area contributed by atoms with Gasteiger partial charge in [0.15, 0.2) is 4.34 Å². The second kappa shape index (κ2) is 8.75. The number of carbonyl (C=O) groups is 1. The molecule has 0 spiro atoms. The van der Waals surface area contributed by atoms with Gasteiger partial charge in [-0.2, -0.15) is 0 Å². The number of amides is 1. The highest BCUT2D eigenvalue weighted by atomic mass is 32.2. The number of hydrogen-bond acceptors (Lipinski definition) is 6. The minimum absolute atomic E-state index is 0.0300. The molecule has 1 N–H and O–H groups in total. The van der Waals surface area contributed by atoms with Gasteiger partial charge >= 0.3 is 0 Å². The number of nitrogens with zero attached hydrogens (tertiary/aromatic N) is 2. The molecule has 22 heavy (non-hydrogen) atoms. The van der Waals surface area contributed by atoms with Gasteiger partial charge in [-0.1, -0.05) is 35.2 Å². The molecule has 1 aromatic carbocycles. The maximum atomic E-state index is 11.9. The van der Waals surface area contributed by atoms with Crippen molar-refractivity contribution < 1.29 is 9.53 Å². The van der Waals surface area contributed by atoms with Crippen LogP contribution >= 0.6 is 23.1 Å². The minimum Gasteiger partial charge on any atom is -0.497 e. The van der Waals surface area contributed by atoms with Crippen molar-refractivity contribution in [2.24, 2.45) is 0 Å². The highest BCUT2D eigenvalue weighted by molar-refractivity contribution is 8.01. The average Bonchev–Trinajstić information content (AvgIpc) is 3.05. The summed E-state index contributed by atoms with van der Waals surface area (Å²) in [6.45, 7) is 2.02. The van der Waals surface area contributed by atoms with Crippen LogP contribution in [0, 0.1) is 0 Å². The van der Waals surface area contributed by atoms with Crippen LogP contribution in [0.3, 0.4) is 0 Å². The average molecular weight is 337 g/mol. The predicted octanol–water partition coefficient (Wildman–Crippen LogP) is 2.78. The van der Waals surface area contributed by atoms with Gasteiger partial charge in [0.1, 0.15) is 11.3 Å². The summed E-state index contributed by atoms with van der Waals surface area (Å²) in [6.07, 6.45) is 1.83. The SMILES string of the molecule is COc1ccc(CC[C@@H](C)NC(=O)CSc2nncs2)cc1. The monoisotopic (exact) mass is 337 g/mol. The summed E-state index contributed by atoms with van der Waals surface area (Å²) < 4.78 is 5.96. The molecule has 0 bridgehead atoms. The van der Waals surface area contributed by atoms with E-state index >= 15 is 0 Å². The maximum Gasteiger partial charge on any atom is 0.230 e. The molecule has 1 heterocycles. The van der Waals surface area contributed by atoms with Crippen LogP contribution in [-0.2, 0) is 11.2 Å². The van der Waals surface area contributed by atoms with E-state index in [1.165, 1.54) is 28.7 Å². The molecule has 0 unspecified atom stereocenters. The Hall–Kier alpha value is -1.60. The Labute approximate surface area is 138 Å². The van der Waals surface area contributed by atoms with Crippen molar-refractivity contribution in [3.63, 3.8) is 0 Å². The largest absolute Gasteiger partial charge is 0.497 e. The number of methoxy groups -OCH3 is 1. The zero-order chi connectivity index (χ0) is 15.8. The summed E-state index contributed by atoms with van der Waals surface area (Å²) in [5, 5.41) is 10.6. The van der Waals surface area contributed by atoms with Gasteiger partial charge in [0, 0.05) is 6.04 Å². The van der Waals surface area contributed by atoms with Crippen molar-refractivity contribution in [2.45, 2.75) is 30.1 Å². The van der Waals surface area contributed by atoms with Gasteiger partial charge in [0.2, 0.25) is 5.91 Å². The van der Waals surface area contributed by atoms with Gasteiger partial charge in [-0.25, -0.2) is 0 Å². The van der Waals surface area contributed by atoms with Crippen molar-refractivity contribution in [3.05, 3.63) is 35.3 Å². The fourth-order valence-electron chi connectivity index (χ4n) is 1.92. The zero-order valence-corrected chi connectivity index (χ0v) is 14.2. The van der Waals surface area contributed by atoms with Crippen LogP contribution in [0.25, 0.3) is 0 Å². The summed E-state index contributed by atoms with van der Waals surface area (Å²) in [7, 11) is 1.66. The highest BCUT2D eigenvalue weighted by Gasteiger charge is 2.09. The van der Waals surface area contributed by atoms with Crippen molar-refractivity contribution >= 4 is 29.0 Å². The van der Waals surface area contributed by atoms with E-state index in [9.17, 15) is 4.79 Å². The van der Waals surface area contributed by atoms with Crippen molar-refractivity contribution in [3.8, 4) is 5.75 Å². The van der Waals surface area contributed by atoms with Crippen molar-refractivity contribution in [2.75, 3.05) is 12.9 Å². The Morgan fingerprint density at radius 3 is 2.82 bits per heavy atom. The first-order chi connectivity index (χ1) is 10.7. The lowest BCUT2D eigenvalue weighted by Crippen LogP contribution is -2.34. The van der Waals surface area contributed by atoms with Gasteiger partial charge in [0.25, 0.3) is 0 Å². The van der Waals surface area contributed by atoms with E-state index in [-0.39, 0.29) is 11.9 Å². The highest BCUT2D eigenvalue weighted by Crippen LogP contribution is 2.18. The lowest BCUT2D eigenvalue weighted by atomic mass is 10.1. The number of rotatable bonds is 8. The summed E-state index contributed by atoms with van der Waals surface area (Å²) in [5.41, 5.74) is 2.91. The second-order valence-corrected chi connectivity index (χ2v) is 6.90. The molecule has 0 aliphatic heterocycles. The van der Waals surface area contributed by atoms with E-state index in [0.29, 0.717) is 5.75 Å². The van der Waals surface area contributed by atoms with Crippen molar-refractivity contribution in [1.82, 2.24) is 15.5 Å². The summed E-state index contributed by atoms with van der Waals surface area (Å²) in [6, 6.07) is 8.16. The number of ether oxygens (including phenoxy) is 1. The van der Waals surface area contributed by atoms with Crippen LogP contribution in [0.5, 0.6) is 5.75 Å². The molecule has 0 saturated carbocycles. The Morgan fingerprint density at radius 2 is 2.18 bits per heavy atom. The quantitative estimate of drug-likeness (QED) is 0.751. The van der Waals surface area contributed by atoms with E-state index in [0.717, 1.165) is 22.9 Å². The number of hydrogen-bond donors (Lipinski definition) is 1. The van der Waals surface area contributed by atoms with Crippen molar-refractivity contribution in [1.29, 1.82) is 0 Å². The van der Waals surface area contributed by atoms with Crippen LogP contribution in [-0.4, -0.2) is 35.0 Å². The lowest BCUT2D eigenvalue weighted by Gasteiger charge is -2.13. The van der Waals surface area contributed by atoms with E-state index in [4.69, 9.17) is 4.74 Å². The van der Waals surface area contributed by atoms with Crippen LogP contribution < -0.4 is 10.1 Å². The molecule has 2 aromatic rings. The molecule has 2 rings (SSSR count). The minimum atomic E-state index is 0.0300. The molecule has 1 amide bonds. The first-order valence-corrected chi connectivity index (χ1v) is 8.85. The number of thioether (sulfide) groups is 1. The predicted molar refractivity (Wildman–Crippen MR) is 89.6 cm³/mol. The number of aryl methyl sites for hydroxylation is 1.